The van der Waals surface area contributed by atoms with Crippen molar-refractivity contribution in [1.82, 2.24) is 4.31 Å². The third-order valence-corrected chi connectivity index (χ3v) is 5.29. The first-order chi connectivity index (χ1) is 9.93. The molecular weight excluding hydrogens is 331 g/mol. The zero-order valence-electron chi connectivity index (χ0n) is 13.3. The van der Waals surface area contributed by atoms with E-state index in [2.05, 4.69) is 0 Å². The van der Waals surface area contributed by atoms with E-state index in [-0.39, 0.29) is 0 Å². The average molecular weight is 353 g/mol. The van der Waals surface area contributed by atoms with Crippen molar-refractivity contribution in [3.05, 3.63) is 35.9 Å². The molecule has 0 aliphatic carbocycles. The number of alkyl halides is 3. The van der Waals surface area contributed by atoms with Gasteiger partial charge in [0, 0.05) is 13.1 Å². The van der Waals surface area contributed by atoms with Crippen molar-refractivity contribution in [1.29, 1.82) is 0 Å². The number of benzene rings is 1. The minimum atomic E-state index is -4.77. The normalized spacial score (nSPS) is 17.3. The van der Waals surface area contributed by atoms with Crippen LogP contribution in [0, 0.1) is 0 Å². The van der Waals surface area contributed by atoms with Crippen molar-refractivity contribution < 1.29 is 21.8 Å². The fraction of sp³-hybridized carbons (Fsp3) is 0.571. The van der Waals surface area contributed by atoms with Crippen molar-refractivity contribution >= 4 is 19.3 Å². The molecule has 1 aromatic rings. The second-order valence-corrected chi connectivity index (χ2v) is 12.0. The predicted octanol–water partition coefficient (Wildman–Crippen LogP) is 4.08. The van der Waals surface area contributed by atoms with Crippen molar-refractivity contribution in [3.63, 3.8) is 0 Å². The third kappa shape index (κ3) is 5.49. The minimum absolute atomic E-state index is 0.566. The molecule has 1 aromatic carbocycles. The van der Waals surface area contributed by atoms with Gasteiger partial charge in [-0.05, 0) is 32.1 Å². The fourth-order valence-electron chi connectivity index (χ4n) is 1.97. The number of nitrogens with zero attached hydrogens (tertiary/aromatic N) is 1. The summed E-state index contributed by atoms with van der Waals surface area (Å²) in [6, 6.07) is 8.39. The smallest absolute Gasteiger partial charge is 0.409 e. The van der Waals surface area contributed by atoms with Gasteiger partial charge in [-0.15, -0.1) is 0 Å². The lowest BCUT2D eigenvalue weighted by Gasteiger charge is -2.35. The molecule has 0 unspecified atom stereocenters. The van der Waals surface area contributed by atoms with Gasteiger partial charge in [-0.25, -0.2) is 8.51 Å². The van der Waals surface area contributed by atoms with Crippen LogP contribution in [0.25, 0.3) is 0 Å². The van der Waals surface area contributed by atoms with Crippen LogP contribution in [0.15, 0.2) is 30.3 Å². The molecule has 0 bridgehead atoms. The summed E-state index contributed by atoms with van der Waals surface area (Å²) in [6.07, 6.45) is -0.566. The van der Waals surface area contributed by atoms with Gasteiger partial charge < -0.3 is 4.43 Å². The zero-order valence-corrected chi connectivity index (χ0v) is 15.2. The highest BCUT2D eigenvalue weighted by Crippen LogP contribution is 2.31. The minimum Gasteiger partial charge on any atom is -0.409 e. The van der Waals surface area contributed by atoms with E-state index < -0.39 is 37.0 Å². The van der Waals surface area contributed by atoms with Crippen LogP contribution >= 0.6 is 0 Å². The molecule has 0 saturated heterocycles. The summed E-state index contributed by atoms with van der Waals surface area (Å²) in [4.78, 5) is 0. The molecule has 3 atom stereocenters. The van der Waals surface area contributed by atoms with E-state index in [1.165, 1.54) is 7.05 Å². The van der Waals surface area contributed by atoms with Crippen LogP contribution in [-0.2, 0) is 15.4 Å². The van der Waals surface area contributed by atoms with Gasteiger partial charge in [-0.3, -0.25) is 0 Å². The molecular formula is C14H22F3NO2SSi. The molecule has 0 aliphatic heterocycles. The van der Waals surface area contributed by atoms with Crippen LogP contribution in [0.2, 0.25) is 19.6 Å². The summed E-state index contributed by atoms with van der Waals surface area (Å²) in [6.45, 7) is 7.50. The molecule has 126 valence electrons. The Hall–Kier alpha value is -0.703. The largest absolute Gasteiger partial charge is 0.485 e. The number of halogens is 3. The summed E-state index contributed by atoms with van der Waals surface area (Å²) in [5, 5.41) is 0. The maximum atomic E-state index is 12.7. The Kier molecular flexibility index (Phi) is 6.37. The Morgan fingerprint density at radius 3 is 2.09 bits per heavy atom. The predicted molar refractivity (Wildman–Crippen MR) is 85.0 cm³/mol. The highest BCUT2D eigenvalue weighted by atomic mass is 32.2. The first-order valence-corrected chi connectivity index (χ1v) is 11.4. The van der Waals surface area contributed by atoms with E-state index >= 15 is 0 Å². The van der Waals surface area contributed by atoms with Gasteiger partial charge in [0.15, 0.2) is 8.32 Å². The van der Waals surface area contributed by atoms with Gasteiger partial charge in [0.25, 0.3) is 0 Å². The molecule has 0 aromatic heterocycles. The molecule has 1 rings (SSSR count). The molecule has 0 amide bonds. The molecule has 0 aliphatic rings. The molecule has 0 N–H and O–H groups in total. The van der Waals surface area contributed by atoms with E-state index in [1.54, 1.807) is 6.92 Å². The van der Waals surface area contributed by atoms with Gasteiger partial charge in [-0.2, -0.15) is 13.2 Å². The highest BCUT2D eigenvalue weighted by molar-refractivity contribution is 7.83. The second kappa shape index (κ2) is 7.25. The molecule has 0 spiro atoms. The first-order valence-electron chi connectivity index (χ1n) is 6.88. The summed E-state index contributed by atoms with van der Waals surface area (Å²) in [5.74, 6) is 0. The van der Waals surface area contributed by atoms with E-state index in [0.29, 0.717) is 0 Å². The van der Waals surface area contributed by atoms with Crippen LogP contribution in [0.5, 0.6) is 0 Å². The van der Waals surface area contributed by atoms with Gasteiger partial charge in [0.05, 0.1) is 6.10 Å². The Balaban J connectivity index is 3.08. The lowest BCUT2D eigenvalue weighted by molar-refractivity contribution is -0.0442. The van der Waals surface area contributed by atoms with Crippen molar-refractivity contribution in [2.45, 2.75) is 44.2 Å². The van der Waals surface area contributed by atoms with Gasteiger partial charge in [-0.1, -0.05) is 30.3 Å². The lowest BCUT2D eigenvalue weighted by Crippen LogP contribution is -2.44. The molecule has 0 heterocycles. The first kappa shape index (κ1) is 19.3. The number of likely N-dealkylation sites (N-methyl/N-ethyl adjacent to an activating group) is 1. The van der Waals surface area contributed by atoms with Gasteiger partial charge in [0.2, 0.25) is 11.0 Å². The van der Waals surface area contributed by atoms with Crippen molar-refractivity contribution in [2.75, 3.05) is 7.05 Å². The molecule has 0 radical (unpaired) electrons. The Morgan fingerprint density at radius 1 is 1.18 bits per heavy atom. The molecule has 22 heavy (non-hydrogen) atoms. The number of hydrogen-bond acceptors (Lipinski definition) is 2. The lowest BCUT2D eigenvalue weighted by atomic mass is 10.0. The number of hydrogen-bond donors (Lipinski definition) is 0. The molecule has 8 heteroatoms. The SMILES string of the molecule is C[C@@H]([C@H](O[Si](C)(C)C)c1ccccc1)N(C)[S@](=O)C(F)(F)F. The Labute approximate surface area is 133 Å². The van der Waals surface area contributed by atoms with Crippen LogP contribution in [0.1, 0.15) is 18.6 Å². The van der Waals surface area contributed by atoms with Gasteiger partial charge in [0.1, 0.15) is 0 Å². The topological polar surface area (TPSA) is 29.5 Å². The maximum absolute atomic E-state index is 12.7. The van der Waals surface area contributed by atoms with Crippen LogP contribution < -0.4 is 0 Å². The third-order valence-electron chi connectivity index (χ3n) is 3.08. The van der Waals surface area contributed by atoms with Crippen LogP contribution in [-0.4, -0.2) is 35.4 Å². The fourth-order valence-corrected chi connectivity index (χ4v) is 3.81. The molecule has 0 saturated carbocycles. The molecule has 0 fully saturated rings. The Bertz CT molecular complexity index is 505. The number of rotatable bonds is 6. The summed E-state index contributed by atoms with van der Waals surface area (Å²) in [5.41, 5.74) is -3.99. The monoisotopic (exact) mass is 353 g/mol. The van der Waals surface area contributed by atoms with Gasteiger partial charge >= 0.3 is 5.51 Å². The Morgan fingerprint density at radius 2 is 1.68 bits per heavy atom. The van der Waals surface area contributed by atoms with Crippen molar-refractivity contribution in [3.8, 4) is 0 Å². The highest BCUT2D eigenvalue weighted by Gasteiger charge is 2.43. The zero-order chi connectivity index (χ0) is 17.1. The quantitative estimate of drug-likeness (QED) is 0.721. The van der Waals surface area contributed by atoms with E-state index in [0.717, 1.165) is 9.87 Å². The van der Waals surface area contributed by atoms with E-state index in [9.17, 15) is 17.4 Å². The molecule has 3 nitrogen and oxygen atoms in total. The summed E-state index contributed by atoms with van der Waals surface area (Å²) < 4.78 is 56.5. The average Bonchev–Trinajstić information content (AvgIpc) is 2.41. The van der Waals surface area contributed by atoms with Crippen LogP contribution in [0.4, 0.5) is 13.2 Å². The standard InChI is InChI=1S/C14H22F3NO2SSi/c1-11(18(2)21(19)14(15,16)17)13(20-22(3,4)5)12-9-7-6-8-10-12/h6-11,13H,1-5H3/t11-,13-,21+/m0/s1. The maximum Gasteiger partial charge on any atom is 0.485 e. The van der Waals surface area contributed by atoms with Crippen LogP contribution in [0.3, 0.4) is 0 Å². The van der Waals surface area contributed by atoms with E-state index in [4.69, 9.17) is 4.43 Å². The van der Waals surface area contributed by atoms with E-state index in [1.807, 2.05) is 50.0 Å². The van der Waals surface area contributed by atoms with Crippen molar-refractivity contribution in [2.24, 2.45) is 0 Å². The second-order valence-electron chi connectivity index (χ2n) is 6.04. The summed E-state index contributed by atoms with van der Waals surface area (Å²) >= 11 is 0. The summed E-state index contributed by atoms with van der Waals surface area (Å²) in [7, 11) is -3.86.